The van der Waals surface area contributed by atoms with Gasteiger partial charge in [0, 0.05) is 23.5 Å². The van der Waals surface area contributed by atoms with Gasteiger partial charge in [-0.2, -0.15) is 11.8 Å². The molecule has 0 aromatic heterocycles. The number of nitrogens with zero attached hydrogens (tertiary/aromatic N) is 1. The average Bonchev–Trinajstić information content (AvgIpc) is 2.28. The van der Waals surface area contributed by atoms with Crippen molar-refractivity contribution in [3.05, 3.63) is 28.3 Å². The second-order valence-corrected chi connectivity index (χ2v) is 4.65. The first-order chi connectivity index (χ1) is 8.08. The third-order valence-electron chi connectivity index (χ3n) is 2.46. The molecule has 6 heteroatoms. The smallest absolute Gasteiger partial charge is 0.292 e. The van der Waals surface area contributed by atoms with Gasteiger partial charge in [0.15, 0.2) is 0 Å². The Kier molecular flexibility index (Phi) is 5.09. The molecule has 0 fully saturated rings. The summed E-state index contributed by atoms with van der Waals surface area (Å²) in [6.45, 7) is 2.10. The second-order valence-electron chi connectivity index (χ2n) is 3.74. The molecule has 0 heterocycles. The number of benzene rings is 1. The first kappa shape index (κ1) is 13.6. The summed E-state index contributed by atoms with van der Waals surface area (Å²) in [6.07, 6.45) is 3.05. The van der Waals surface area contributed by atoms with Crippen molar-refractivity contribution in [3.8, 4) is 0 Å². The van der Waals surface area contributed by atoms with Gasteiger partial charge in [0.25, 0.3) is 5.69 Å². The van der Waals surface area contributed by atoms with E-state index in [2.05, 4.69) is 18.5 Å². The lowest BCUT2D eigenvalue weighted by atomic mass is 10.2. The van der Waals surface area contributed by atoms with Crippen LogP contribution in [0.25, 0.3) is 0 Å². The number of rotatable bonds is 6. The fourth-order valence-corrected chi connectivity index (χ4v) is 2.23. The van der Waals surface area contributed by atoms with Crippen molar-refractivity contribution in [1.82, 2.24) is 0 Å². The van der Waals surface area contributed by atoms with Gasteiger partial charge in [-0.1, -0.05) is 6.92 Å². The summed E-state index contributed by atoms with van der Waals surface area (Å²) in [5, 5.41) is 13.9. The van der Waals surface area contributed by atoms with Crippen LogP contribution in [0.3, 0.4) is 0 Å². The van der Waals surface area contributed by atoms with Crippen molar-refractivity contribution in [1.29, 1.82) is 0 Å². The fraction of sp³-hybridized carbons (Fsp3) is 0.455. The quantitative estimate of drug-likeness (QED) is 0.464. The van der Waals surface area contributed by atoms with Crippen LogP contribution in [0.1, 0.15) is 13.3 Å². The van der Waals surface area contributed by atoms with Gasteiger partial charge in [0.1, 0.15) is 5.69 Å². The third-order valence-corrected chi connectivity index (χ3v) is 3.19. The molecule has 3 N–H and O–H groups in total. The molecule has 0 spiro atoms. The van der Waals surface area contributed by atoms with Crippen molar-refractivity contribution in [2.75, 3.05) is 23.1 Å². The average molecular weight is 255 g/mol. The Hall–Kier alpha value is -1.43. The van der Waals surface area contributed by atoms with Crippen LogP contribution >= 0.6 is 11.8 Å². The Bertz CT molecular complexity index is 398. The maximum absolute atomic E-state index is 10.6. The normalized spacial score (nSPS) is 12.1. The van der Waals surface area contributed by atoms with E-state index in [-0.39, 0.29) is 11.4 Å². The number of nitrogens with two attached hydrogens (primary N) is 1. The zero-order chi connectivity index (χ0) is 12.8. The molecule has 17 heavy (non-hydrogen) atoms. The Morgan fingerprint density at radius 2 is 2.29 bits per heavy atom. The Balaban J connectivity index is 2.79. The number of hydrogen-bond acceptors (Lipinski definition) is 5. The maximum Gasteiger partial charge on any atom is 0.292 e. The number of hydrogen-bond donors (Lipinski definition) is 2. The summed E-state index contributed by atoms with van der Waals surface area (Å²) in [5.74, 6) is 0.993. The van der Waals surface area contributed by atoms with E-state index < -0.39 is 4.92 Å². The molecular formula is C11H17N3O2S. The standard InChI is InChI=1S/C11H17N3O2S/c1-3-8(7-17-2)13-9-4-5-11(14(15)16)10(12)6-9/h4-6,8,13H,3,7,12H2,1-2H3. The van der Waals surface area contributed by atoms with E-state index in [9.17, 15) is 10.1 Å². The van der Waals surface area contributed by atoms with E-state index in [1.807, 2.05) is 0 Å². The first-order valence-corrected chi connectivity index (χ1v) is 6.77. The van der Waals surface area contributed by atoms with Crippen LogP contribution in [-0.2, 0) is 0 Å². The minimum atomic E-state index is -0.474. The predicted octanol–water partition coefficient (Wildman–Crippen LogP) is 2.73. The molecule has 5 nitrogen and oxygen atoms in total. The van der Waals surface area contributed by atoms with Crippen LogP contribution in [0.15, 0.2) is 18.2 Å². The summed E-state index contributed by atoms with van der Waals surface area (Å²) in [4.78, 5) is 10.1. The highest BCUT2D eigenvalue weighted by atomic mass is 32.2. The van der Waals surface area contributed by atoms with E-state index in [1.165, 1.54) is 6.07 Å². The van der Waals surface area contributed by atoms with Crippen LogP contribution in [0.5, 0.6) is 0 Å². The summed E-state index contributed by atoms with van der Waals surface area (Å²) in [7, 11) is 0. The topological polar surface area (TPSA) is 81.2 Å². The highest BCUT2D eigenvalue weighted by molar-refractivity contribution is 7.98. The molecule has 1 aromatic rings. The SMILES string of the molecule is CCC(CSC)Nc1ccc([N+](=O)[O-])c(N)c1. The van der Waals surface area contributed by atoms with Crippen LogP contribution in [0, 0.1) is 10.1 Å². The van der Waals surface area contributed by atoms with Gasteiger partial charge >= 0.3 is 0 Å². The maximum atomic E-state index is 10.6. The molecule has 1 aromatic carbocycles. The minimum absolute atomic E-state index is 0.0477. The number of nitro benzene ring substituents is 1. The molecule has 0 aliphatic carbocycles. The number of thioether (sulfide) groups is 1. The molecule has 1 rings (SSSR count). The fourth-order valence-electron chi connectivity index (χ4n) is 1.51. The molecule has 0 radical (unpaired) electrons. The second kappa shape index (κ2) is 6.34. The summed E-state index contributed by atoms with van der Waals surface area (Å²) in [6, 6.07) is 5.09. The molecule has 94 valence electrons. The molecule has 1 unspecified atom stereocenters. The molecule has 0 bridgehead atoms. The van der Waals surface area contributed by atoms with Crippen LogP contribution < -0.4 is 11.1 Å². The highest BCUT2D eigenvalue weighted by Crippen LogP contribution is 2.25. The molecule has 0 aliphatic heterocycles. The molecular weight excluding hydrogens is 238 g/mol. The van der Waals surface area contributed by atoms with Gasteiger partial charge in [-0.3, -0.25) is 10.1 Å². The lowest BCUT2D eigenvalue weighted by Gasteiger charge is -2.17. The minimum Gasteiger partial charge on any atom is -0.393 e. The van der Waals surface area contributed by atoms with E-state index in [4.69, 9.17) is 5.73 Å². The number of nitrogens with one attached hydrogen (secondary N) is 1. The highest BCUT2D eigenvalue weighted by Gasteiger charge is 2.12. The third kappa shape index (κ3) is 3.81. The lowest BCUT2D eigenvalue weighted by Crippen LogP contribution is -2.21. The van der Waals surface area contributed by atoms with Gasteiger partial charge in [-0.15, -0.1) is 0 Å². The lowest BCUT2D eigenvalue weighted by molar-refractivity contribution is -0.383. The predicted molar refractivity (Wildman–Crippen MR) is 73.6 cm³/mol. The first-order valence-electron chi connectivity index (χ1n) is 5.37. The number of anilines is 2. The molecule has 0 amide bonds. The van der Waals surface area contributed by atoms with E-state index in [1.54, 1.807) is 23.9 Å². The summed E-state index contributed by atoms with van der Waals surface area (Å²) < 4.78 is 0. The zero-order valence-electron chi connectivity index (χ0n) is 9.97. The van der Waals surface area contributed by atoms with Crippen molar-refractivity contribution in [3.63, 3.8) is 0 Å². The van der Waals surface area contributed by atoms with Crippen LogP contribution in [-0.4, -0.2) is 23.0 Å². The van der Waals surface area contributed by atoms with Gasteiger partial charge in [-0.25, -0.2) is 0 Å². The van der Waals surface area contributed by atoms with Gasteiger partial charge in [0.05, 0.1) is 4.92 Å². The van der Waals surface area contributed by atoms with E-state index in [0.29, 0.717) is 6.04 Å². The van der Waals surface area contributed by atoms with Crippen LogP contribution in [0.4, 0.5) is 17.1 Å². The van der Waals surface area contributed by atoms with Crippen molar-refractivity contribution in [2.45, 2.75) is 19.4 Å². The Morgan fingerprint density at radius 1 is 1.59 bits per heavy atom. The summed E-state index contributed by atoms with van der Waals surface area (Å²) in [5.41, 5.74) is 6.60. The van der Waals surface area contributed by atoms with Crippen LogP contribution in [0.2, 0.25) is 0 Å². The molecule has 0 saturated carbocycles. The molecule has 1 atom stereocenters. The van der Waals surface area contributed by atoms with E-state index >= 15 is 0 Å². The monoisotopic (exact) mass is 255 g/mol. The number of nitrogen functional groups attached to an aromatic ring is 1. The van der Waals surface area contributed by atoms with E-state index in [0.717, 1.165) is 17.9 Å². The van der Waals surface area contributed by atoms with Crippen molar-refractivity contribution < 1.29 is 4.92 Å². The molecule has 0 aliphatic rings. The van der Waals surface area contributed by atoms with Crippen molar-refractivity contribution >= 4 is 28.8 Å². The number of nitro groups is 1. The van der Waals surface area contributed by atoms with Gasteiger partial charge in [0.2, 0.25) is 0 Å². The van der Waals surface area contributed by atoms with Crippen molar-refractivity contribution in [2.24, 2.45) is 0 Å². The summed E-state index contributed by atoms with van der Waals surface area (Å²) >= 11 is 1.76. The van der Waals surface area contributed by atoms with Gasteiger partial charge < -0.3 is 11.1 Å². The largest absolute Gasteiger partial charge is 0.393 e. The Morgan fingerprint density at radius 3 is 2.76 bits per heavy atom. The Labute approximate surface area is 105 Å². The van der Waals surface area contributed by atoms with Gasteiger partial charge in [-0.05, 0) is 24.8 Å². The molecule has 0 saturated heterocycles. The zero-order valence-corrected chi connectivity index (χ0v) is 10.8.